The van der Waals surface area contributed by atoms with Crippen LogP contribution in [0, 0.1) is 0 Å². The lowest BCUT2D eigenvalue weighted by Crippen LogP contribution is -2.50. The summed E-state index contributed by atoms with van der Waals surface area (Å²) in [7, 11) is 0. The average Bonchev–Trinajstić information content (AvgIpc) is 2.29. The first kappa shape index (κ1) is 11.9. The first-order valence-electron chi connectivity index (χ1n) is 5.61. The molecule has 1 aliphatic rings. The molecule has 5 nitrogen and oxygen atoms in total. The number of benzene rings is 1. The molecular formula is C12H16N2O3. The molecule has 17 heavy (non-hydrogen) atoms. The normalized spacial score (nSPS) is 20.6. The van der Waals surface area contributed by atoms with Crippen molar-refractivity contribution in [2.24, 2.45) is 5.73 Å². The summed E-state index contributed by atoms with van der Waals surface area (Å²) in [6.07, 6.45) is 0.682. The second kappa shape index (κ2) is 5.16. The van der Waals surface area contributed by atoms with E-state index in [0.717, 1.165) is 0 Å². The van der Waals surface area contributed by atoms with Crippen LogP contribution in [0.1, 0.15) is 6.42 Å². The second-order valence-corrected chi connectivity index (χ2v) is 4.03. The number of hydrogen-bond acceptors (Lipinski definition) is 4. The van der Waals surface area contributed by atoms with Gasteiger partial charge in [-0.15, -0.1) is 0 Å². The van der Waals surface area contributed by atoms with E-state index in [0.29, 0.717) is 25.3 Å². The molecule has 5 heteroatoms. The summed E-state index contributed by atoms with van der Waals surface area (Å²) in [5, 5.41) is 9.45. The SMILES string of the molecule is NCCC1COCC(=O)N1c1cccc(O)c1. The number of carbonyl (C=O) groups is 1. The Morgan fingerprint density at radius 3 is 3.06 bits per heavy atom. The van der Waals surface area contributed by atoms with Crippen molar-refractivity contribution in [3.63, 3.8) is 0 Å². The van der Waals surface area contributed by atoms with Crippen molar-refractivity contribution in [2.75, 3.05) is 24.7 Å². The van der Waals surface area contributed by atoms with Gasteiger partial charge in [0.2, 0.25) is 0 Å². The molecule has 0 spiro atoms. The van der Waals surface area contributed by atoms with E-state index in [4.69, 9.17) is 10.5 Å². The number of phenols is 1. The number of carbonyl (C=O) groups excluding carboxylic acids is 1. The number of hydrogen-bond donors (Lipinski definition) is 2. The van der Waals surface area contributed by atoms with Crippen molar-refractivity contribution in [1.29, 1.82) is 0 Å². The first-order valence-corrected chi connectivity index (χ1v) is 5.61. The lowest BCUT2D eigenvalue weighted by Gasteiger charge is -2.35. The van der Waals surface area contributed by atoms with Crippen LogP contribution in [-0.4, -0.2) is 36.8 Å². The number of nitrogens with two attached hydrogens (primary N) is 1. The Morgan fingerprint density at radius 2 is 2.35 bits per heavy atom. The van der Waals surface area contributed by atoms with Gasteiger partial charge >= 0.3 is 0 Å². The van der Waals surface area contributed by atoms with Gasteiger partial charge in [0.05, 0.1) is 12.6 Å². The van der Waals surface area contributed by atoms with E-state index in [-0.39, 0.29) is 24.3 Å². The third kappa shape index (κ3) is 2.57. The van der Waals surface area contributed by atoms with Crippen molar-refractivity contribution in [2.45, 2.75) is 12.5 Å². The van der Waals surface area contributed by atoms with E-state index < -0.39 is 0 Å². The molecule has 0 aromatic heterocycles. The van der Waals surface area contributed by atoms with E-state index in [2.05, 4.69) is 0 Å². The Bertz CT molecular complexity index is 406. The predicted octanol–water partition coefficient (Wildman–Crippen LogP) is 0.473. The summed E-state index contributed by atoms with van der Waals surface area (Å²) < 4.78 is 5.22. The zero-order chi connectivity index (χ0) is 12.3. The molecule has 1 aliphatic heterocycles. The van der Waals surface area contributed by atoms with Gasteiger partial charge in [-0.1, -0.05) is 6.07 Å². The number of rotatable bonds is 3. The van der Waals surface area contributed by atoms with Gasteiger partial charge < -0.3 is 20.5 Å². The van der Waals surface area contributed by atoms with Crippen molar-refractivity contribution in [3.8, 4) is 5.75 Å². The summed E-state index contributed by atoms with van der Waals surface area (Å²) in [6.45, 7) is 1.06. The van der Waals surface area contributed by atoms with E-state index in [9.17, 15) is 9.90 Å². The largest absolute Gasteiger partial charge is 0.508 e. The molecule has 1 heterocycles. The van der Waals surface area contributed by atoms with Gasteiger partial charge in [0.25, 0.3) is 5.91 Å². The molecule has 1 atom stereocenters. The van der Waals surface area contributed by atoms with Crippen molar-refractivity contribution in [1.82, 2.24) is 0 Å². The topological polar surface area (TPSA) is 75.8 Å². The van der Waals surface area contributed by atoms with E-state index in [1.54, 1.807) is 29.2 Å². The molecule has 1 unspecified atom stereocenters. The highest BCUT2D eigenvalue weighted by Gasteiger charge is 2.29. The summed E-state index contributed by atoms with van der Waals surface area (Å²) in [5.74, 6) is 0.0496. The van der Waals surface area contributed by atoms with Gasteiger partial charge in [-0.25, -0.2) is 0 Å². The third-order valence-electron chi connectivity index (χ3n) is 2.78. The van der Waals surface area contributed by atoms with Crippen molar-refractivity contribution >= 4 is 11.6 Å². The van der Waals surface area contributed by atoms with Gasteiger partial charge in [0.15, 0.2) is 0 Å². The predicted molar refractivity (Wildman–Crippen MR) is 63.9 cm³/mol. The van der Waals surface area contributed by atoms with E-state index >= 15 is 0 Å². The van der Waals surface area contributed by atoms with Crippen LogP contribution in [0.25, 0.3) is 0 Å². The van der Waals surface area contributed by atoms with Crippen LogP contribution in [0.5, 0.6) is 5.75 Å². The molecular weight excluding hydrogens is 220 g/mol. The molecule has 3 N–H and O–H groups in total. The van der Waals surface area contributed by atoms with Crippen LogP contribution < -0.4 is 10.6 Å². The van der Waals surface area contributed by atoms with Crippen molar-refractivity contribution in [3.05, 3.63) is 24.3 Å². The number of morpholine rings is 1. The zero-order valence-corrected chi connectivity index (χ0v) is 9.50. The number of nitrogens with zero attached hydrogens (tertiary/aromatic N) is 1. The Kier molecular flexibility index (Phi) is 3.61. The van der Waals surface area contributed by atoms with Crippen LogP contribution in [0.3, 0.4) is 0 Å². The Labute approximate surface area is 99.8 Å². The second-order valence-electron chi connectivity index (χ2n) is 4.03. The lowest BCUT2D eigenvalue weighted by molar-refractivity contribution is -0.127. The van der Waals surface area contributed by atoms with Crippen LogP contribution in [0.15, 0.2) is 24.3 Å². The standard InChI is InChI=1S/C12H16N2O3/c13-5-4-10-7-17-8-12(16)14(10)9-2-1-3-11(15)6-9/h1-3,6,10,15H,4-5,7-8,13H2. The van der Waals surface area contributed by atoms with Crippen LogP contribution in [-0.2, 0) is 9.53 Å². The van der Waals surface area contributed by atoms with Crippen LogP contribution in [0.2, 0.25) is 0 Å². The molecule has 1 aromatic rings. The van der Waals surface area contributed by atoms with Gasteiger partial charge in [0.1, 0.15) is 12.4 Å². The molecule has 1 fully saturated rings. The van der Waals surface area contributed by atoms with Crippen LogP contribution in [0.4, 0.5) is 5.69 Å². The number of amides is 1. The minimum atomic E-state index is -0.0969. The van der Waals surface area contributed by atoms with Crippen molar-refractivity contribution < 1.29 is 14.6 Å². The molecule has 2 rings (SSSR count). The maximum absolute atomic E-state index is 11.9. The summed E-state index contributed by atoms with van der Waals surface area (Å²) >= 11 is 0. The fourth-order valence-electron chi connectivity index (χ4n) is 2.03. The lowest BCUT2D eigenvalue weighted by atomic mass is 10.1. The molecule has 1 saturated heterocycles. The maximum atomic E-state index is 11.9. The Balaban J connectivity index is 2.27. The third-order valence-corrected chi connectivity index (χ3v) is 2.78. The van der Waals surface area contributed by atoms with Gasteiger partial charge in [-0.3, -0.25) is 4.79 Å². The average molecular weight is 236 g/mol. The molecule has 92 valence electrons. The zero-order valence-electron chi connectivity index (χ0n) is 9.50. The minimum Gasteiger partial charge on any atom is -0.508 e. The quantitative estimate of drug-likeness (QED) is 0.800. The summed E-state index contributed by atoms with van der Waals surface area (Å²) in [4.78, 5) is 13.5. The van der Waals surface area contributed by atoms with Crippen LogP contribution >= 0.6 is 0 Å². The van der Waals surface area contributed by atoms with E-state index in [1.165, 1.54) is 0 Å². The number of anilines is 1. The number of aromatic hydroxyl groups is 1. The highest BCUT2D eigenvalue weighted by molar-refractivity contribution is 5.95. The number of ether oxygens (including phenoxy) is 1. The first-order chi connectivity index (χ1) is 8.22. The Hall–Kier alpha value is -1.59. The van der Waals surface area contributed by atoms with Gasteiger partial charge in [-0.05, 0) is 25.1 Å². The summed E-state index contributed by atoms with van der Waals surface area (Å²) in [6, 6.07) is 6.61. The van der Waals surface area contributed by atoms with E-state index in [1.807, 2.05) is 0 Å². The Morgan fingerprint density at radius 1 is 1.53 bits per heavy atom. The molecule has 0 aliphatic carbocycles. The van der Waals surface area contributed by atoms with Gasteiger partial charge in [-0.2, -0.15) is 0 Å². The highest BCUT2D eigenvalue weighted by atomic mass is 16.5. The maximum Gasteiger partial charge on any atom is 0.253 e. The summed E-state index contributed by atoms with van der Waals surface area (Å²) in [5.41, 5.74) is 6.22. The highest BCUT2D eigenvalue weighted by Crippen LogP contribution is 2.25. The van der Waals surface area contributed by atoms with Gasteiger partial charge in [0, 0.05) is 11.8 Å². The molecule has 1 aromatic carbocycles. The smallest absolute Gasteiger partial charge is 0.253 e. The molecule has 0 saturated carbocycles. The molecule has 1 amide bonds. The fraction of sp³-hybridized carbons (Fsp3) is 0.417. The fourth-order valence-corrected chi connectivity index (χ4v) is 2.03. The molecule has 0 radical (unpaired) electrons. The monoisotopic (exact) mass is 236 g/mol. The molecule has 0 bridgehead atoms. The minimum absolute atomic E-state index is 0.0527. The number of phenolic OH excluding ortho intramolecular Hbond substituents is 1.